The summed E-state index contributed by atoms with van der Waals surface area (Å²) in [5.41, 5.74) is 1.17. The van der Waals surface area contributed by atoms with Crippen LogP contribution < -0.4 is 10.1 Å². The van der Waals surface area contributed by atoms with Crippen LogP contribution in [-0.4, -0.2) is 55.4 Å². The normalized spacial score (nSPS) is 14.7. The van der Waals surface area contributed by atoms with E-state index in [1.165, 1.54) is 6.07 Å². The highest BCUT2D eigenvalue weighted by molar-refractivity contribution is 9.10. The molecule has 0 saturated carbocycles. The second kappa shape index (κ2) is 9.73. The predicted molar refractivity (Wildman–Crippen MR) is 106 cm³/mol. The van der Waals surface area contributed by atoms with E-state index in [0.717, 1.165) is 48.6 Å². The van der Waals surface area contributed by atoms with Crippen LogP contribution in [0.25, 0.3) is 0 Å². The lowest BCUT2D eigenvalue weighted by atomic mass is 10.1. The minimum Gasteiger partial charge on any atom is -0.507 e. The molecule has 0 aliphatic carbocycles. The van der Waals surface area contributed by atoms with Gasteiger partial charge in [-0.3, -0.25) is 9.69 Å². The Bertz CT molecular complexity index is 778. The topological polar surface area (TPSA) is 71.0 Å². The van der Waals surface area contributed by atoms with Crippen LogP contribution >= 0.6 is 15.9 Å². The summed E-state index contributed by atoms with van der Waals surface area (Å²) in [5, 5.41) is 12.7. The Morgan fingerprint density at radius 1 is 1.22 bits per heavy atom. The predicted octanol–water partition coefficient (Wildman–Crippen LogP) is 2.80. The van der Waals surface area contributed by atoms with E-state index in [4.69, 9.17) is 9.47 Å². The molecule has 2 aromatic carbocycles. The maximum absolute atomic E-state index is 12.3. The first-order chi connectivity index (χ1) is 13.1. The number of ether oxygens (including phenoxy) is 2. The smallest absolute Gasteiger partial charge is 0.255 e. The summed E-state index contributed by atoms with van der Waals surface area (Å²) >= 11 is 3.30. The zero-order valence-electron chi connectivity index (χ0n) is 15.0. The highest BCUT2D eigenvalue weighted by Crippen LogP contribution is 2.22. The van der Waals surface area contributed by atoms with Gasteiger partial charge in [-0.05, 0) is 35.9 Å². The second-order valence-corrected chi connectivity index (χ2v) is 7.21. The number of carbonyl (C=O) groups is 1. The van der Waals surface area contributed by atoms with E-state index in [0.29, 0.717) is 13.2 Å². The summed E-state index contributed by atoms with van der Waals surface area (Å²) in [4.78, 5) is 14.6. The minimum atomic E-state index is -0.326. The summed E-state index contributed by atoms with van der Waals surface area (Å²) in [6.45, 7) is 5.28. The molecule has 1 saturated heterocycles. The van der Waals surface area contributed by atoms with Gasteiger partial charge in [-0.15, -0.1) is 0 Å². The van der Waals surface area contributed by atoms with E-state index in [9.17, 15) is 9.90 Å². The third-order valence-electron chi connectivity index (χ3n) is 4.33. The molecule has 1 aliphatic heterocycles. The number of hydrogen-bond acceptors (Lipinski definition) is 5. The van der Waals surface area contributed by atoms with Crippen LogP contribution in [0.15, 0.2) is 46.9 Å². The summed E-state index contributed by atoms with van der Waals surface area (Å²) in [6, 6.07) is 12.4. The average Bonchev–Trinajstić information content (AvgIpc) is 2.69. The average molecular weight is 435 g/mol. The van der Waals surface area contributed by atoms with Gasteiger partial charge in [0.05, 0.1) is 18.8 Å². The number of benzene rings is 2. The van der Waals surface area contributed by atoms with Gasteiger partial charge in [0.15, 0.2) is 0 Å². The molecule has 1 aliphatic rings. The van der Waals surface area contributed by atoms with E-state index in [1.807, 2.05) is 24.3 Å². The Kier molecular flexibility index (Phi) is 7.09. The van der Waals surface area contributed by atoms with Crippen LogP contribution in [0.1, 0.15) is 15.9 Å². The van der Waals surface area contributed by atoms with Crippen molar-refractivity contribution in [1.29, 1.82) is 0 Å². The molecule has 0 atom stereocenters. The number of nitrogens with one attached hydrogen (secondary N) is 1. The van der Waals surface area contributed by atoms with Crippen molar-refractivity contribution in [1.82, 2.24) is 10.2 Å². The van der Waals surface area contributed by atoms with Crippen molar-refractivity contribution in [3.63, 3.8) is 0 Å². The first-order valence-electron chi connectivity index (χ1n) is 8.90. The summed E-state index contributed by atoms with van der Waals surface area (Å²) < 4.78 is 11.9. The van der Waals surface area contributed by atoms with Crippen LogP contribution in [0.5, 0.6) is 11.5 Å². The lowest BCUT2D eigenvalue weighted by Crippen LogP contribution is -2.38. The number of amides is 1. The van der Waals surface area contributed by atoms with E-state index in [2.05, 4.69) is 26.1 Å². The summed E-state index contributed by atoms with van der Waals surface area (Å²) in [6.07, 6.45) is 0. The van der Waals surface area contributed by atoms with E-state index < -0.39 is 0 Å². The Morgan fingerprint density at radius 3 is 2.85 bits per heavy atom. The Labute approximate surface area is 167 Å². The number of phenolic OH excluding ortho intramolecular Hbond substituents is 1. The van der Waals surface area contributed by atoms with Crippen LogP contribution in [0, 0.1) is 0 Å². The van der Waals surface area contributed by atoms with Gasteiger partial charge in [0.1, 0.15) is 18.1 Å². The number of morpholine rings is 1. The Morgan fingerprint density at radius 2 is 2.04 bits per heavy atom. The van der Waals surface area contributed by atoms with Gasteiger partial charge < -0.3 is 19.9 Å². The van der Waals surface area contributed by atoms with E-state index >= 15 is 0 Å². The van der Waals surface area contributed by atoms with Gasteiger partial charge >= 0.3 is 0 Å². The fourth-order valence-electron chi connectivity index (χ4n) is 2.83. The van der Waals surface area contributed by atoms with Gasteiger partial charge in [-0.1, -0.05) is 28.1 Å². The van der Waals surface area contributed by atoms with Crippen molar-refractivity contribution < 1.29 is 19.4 Å². The van der Waals surface area contributed by atoms with Gasteiger partial charge in [0.25, 0.3) is 5.91 Å². The molecule has 0 unspecified atom stereocenters. The molecule has 0 aromatic heterocycles. The van der Waals surface area contributed by atoms with E-state index in [-0.39, 0.29) is 17.2 Å². The van der Waals surface area contributed by atoms with Gasteiger partial charge in [0.2, 0.25) is 0 Å². The standard InChI is InChI=1S/C20H23BrN2O4/c21-16-4-5-19(24)18(13-16)20(25)22-14-15-2-1-3-17(12-15)27-11-8-23-6-9-26-10-7-23/h1-5,12-13,24H,6-11,14H2,(H,22,25). The summed E-state index contributed by atoms with van der Waals surface area (Å²) in [7, 11) is 0. The Balaban J connectivity index is 1.49. The highest BCUT2D eigenvalue weighted by atomic mass is 79.9. The molecule has 6 nitrogen and oxygen atoms in total. The SMILES string of the molecule is O=C(NCc1cccc(OCCN2CCOCC2)c1)c1cc(Br)ccc1O. The largest absolute Gasteiger partial charge is 0.507 e. The molecule has 2 aromatic rings. The van der Waals surface area contributed by atoms with Crippen LogP contribution in [0.3, 0.4) is 0 Å². The van der Waals surface area contributed by atoms with Crippen molar-refractivity contribution in [3.8, 4) is 11.5 Å². The molecule has 144 valence electrons. The molecule has 3 rings (SSSR count). The molecule has 27 heavy (non-hydrogen) atoms. The number of nitrogens with zero attached hydrogens (tertiary/aromatic N) is 1. The molecule has 1 amide bonds. The molecule has 0 bridgehead atoms. The monoisotopic (exact) mass is 434 g/mol. The zero-order chi connectivity index (χ0) is 19.1. The van der Waals surface area contributed by atoms with Crippen molar-refractivity contribution in [3.05, 3.63) is 58.1 Å². The lowest BCUT2D eigenvalue weighted by molar-refractivity contribution is 0.0322. The number of carbonyl (C=O) groups excluding carboxylic acids is 1. The highest BCUT2D eigenvalue weighted by Gasteiger charge is 2.12. The quantitative estimate of drug-likeness (QED) is 0.700. The molecule has 0 radical (unpaired) electrons. The zero-order valence-corrected chi connectivity index (χ0v) is 16.6. The van der Waals surface area contributed by atoms with Gasteiger partial charge in [-0.25, -0.2) is 0 Å². The molecular weight excluding hydrogens is 412 g/mol. The maximum Gasteiger partial charge on any atom is 0.255 e. The minimum absolute atomic E-state index is 0.0455. The third kappa shape index (κ3) is 5.95. The molecule has 1 heterocycles. The second-order valence-electron chi connectivity index (χ2n) is 6.29. The molecule has 2 N–H and O–H groups in total. The molecule has 7 heteroatoms. The number of rotatable bonds is 7. The number of aromatic hydroxyl groups is 1. The maximum atomic E-state index is 12.3. The van der Waals surface area contributed by atoms with Crippen LogP contribution in [-0.2, 0) is 11.3 Å². The number of hydrogen-bond donors (Lipinski definition) is 2. The fourth-order valence-corrected chi connectivity index (χ4v) is 3.19. The molecule has 1 fully saturated rings. The molecular formula is C20H23BrN2O4. The number of phenols is 1. The fraction of sp³-hybridized carbons (Fsp3) is 0.350. The molecule has 0 spiro atoms. The van der Waals surface area contributed by atoms with Gasteiger partial charge in [-0.2, -0.15) is 0 Å². The van der Waals surface area contributed by atoms with Crippen molar-refractivity contribution >= 4 is 21.8 Å². The van der Waals surface area contributed by atoms with Crippen molar-refractivity contribution in [2.24, 2.45) is 0 Å². The number of halogens is 1. The van der Waals surface area contributed by atoms with E-state index in [1.54, 1.807) is 12.1 Å². The first-order valence-corrected chi connectivity index (χ1v) is 9.70. The third-order valence-corrected chi connectivity index (χ3v) is 4.83. The van der Waals surface area contributed by atoms with Crippen molar-refractivity contribution in [2.75, 3.05) is 39.5 Å². The summed E-state index contributed by atoms with van der Waals surface area (Å²) in [5.74, 6) is 0.406. The first kappa shape index (κ1) is 19.7. The van der Waals surface area contributed by atoms with Crippen LogP contribution in [0.2, 0.25) is 0 Å². The van der Waals surface area contributed by atoms with Gasteiger partial charge in [0, 0.05) is 30.7 Å². The van der Waals surface area contributed by atoms with Crippen molar-refractivity contribution in [2.45, 2.75) is 6.54 Å². The van der Waals surface area contributed by atoms with Crippen LogP contribution in [0.4, 0.5) is 0 Å². The lowest BCUT2D eigenvalue weighted by Gasteiger charge is -2.26. The Hall–Kier alpha value is -2.09.